The number of carbonyl (C=O) groups excluding carboxylic acids is 1. The van der Waals surface area contributed by atoms with E-state index in [1.165, 1.54) is 7.11 Å². The molecular formula is C12H17NO4. The van der Waals surface area contributed by atoms with Crippen molar-refractivity contribution in [2.24, 2.45) is 0 Å². The molecule has 0 fully saturated rings. The summed E-state index contributed by atoms with van der Waals surface area (Å²) in [6.07, 6.45) is -0.565. The summed E-state index contributed by atoms with van der Waals surface area (Å²) in [7, 11) is 1.50. The van der Waals surface area contributed by atoms with E-state index in [4.69, 9.17) is 14.6 Å². The van der Waals surface area contributed by atoms with E-state index in [0.717, 1.165) is 5.56 Å². The van der Waals surface area contributed by atoms with Gasteiger partial charge in [-0.3, -0.25) is 0 Å². The van der Waals surface area contributed by atoms with Gasteiger partial charge >= 0.3 is 6.09 Å². The van der Waals surface area contributed by atoms with Crippen molar-refractivity contribution in [1.82, 2.24) is 5.32 Å². The molecule has 1 unspecified atom stereocenters. The van der Waals surface area contributed by atoms with Gasteiger partial charge in [-0.2, -0.15) is 0 Å². The second kappa shape index (κ2) is 7.65. The van der Waals surface area contributed by atoms with Gasteiger partial charge in [0, 0.05) is 7.11 Å². The van der Waals surface area contributed by atoms with Crippen LogP contribution < -0.4 is 5.32 Å². The number of alkyl carbamates (subject to hydrolysis) is 1. The maximum atomic E-state index is 11.4. The maximum absolute atomic E-state index is 11.4. The third kappa shape index (κ3) is 5.33. The number of nitrogens with one attached hydrogen (secondary N) is 1. The lowest BCUT2D eigenvalue weighted by molar-refractivity contribution is 0.103. The molecule has 5 heteroatoms. The average Bonchev–Trinajstić information content (AvgIpc) is 2.37. The zero-order valence-electron chi connectivity index (χ0n) is 9.76. The average molecular weight is 239 g/mol. The smallest absolute Gasteiger partial charge is 0.407 e. The molecule has 0 aliphatic rings. The van der Waals surface area contributed by atoms with Crippen LogP contribution in [-0.2, 0) is 16.1 Å². The van der Waals surface area contributed by atoms with Gasteiger partial charge in [0.05, 0.1) is 19.3 Å². The molecule has 0 aliphatic heterocycles. The largest absolute Gasteiger partial charge is 0.445 e. The van der Waals surface area contributed by atoms with Gasteiger partial charge < -0.3 is 19.9 Å². The molecular weight excluding hydrogens is 222 g/mol. The van der Waals surface area contributed by atoms with Crippen molar-refractivity contribution in [3.8, 4) is 0 Å². The number of carbonyl (C=O) groups is 1. The fourth-order valence-electron chi connectivity index (χ4n) is 1.27. The molecule has 0 aliphatic carbocycles. The molecule has 1 rings (SSSR count). The summed E-state index contributed by atoms with van der Waals surface area (Å²) in [5.41, 5.74) is 0.912. The predicted octanol–water partition coefficient (Wildman–Crippen LogP) is 0.920. The minimum Gasteiger partial charge on any atom is -0.445 e. The van der Waals surface area contributed by atoms with E-state index < -0.39 is 12.1 Å². The first kappa shape index (κ1) is 13.5. The molecule has 1 aromatic carbocycles. The van der Waals surface area contributed by atoms with E-state index >= 15 is 0 Å². The molecule has 1 atom stereocenters. The van der Waals surface area contributed by atoms with E-state index in [0.29, 0.717) is 0 Å². The molecule has 0 spiro atoms. The van der Waals surface area contributed by atoms with Crippen molar-refractivity contribution in [2.45, 2.75) is 12.6 Å². The Hall–Kier alpha value is -1.59. The highest BCUT2D eigenvalue weighted by atomic mass is 16.5. The Balaban J connectivity index is 2.30. The van der Waals surface area contributed by atoms with E-state index in [9.17, 15) is 4.79 Å². The van der Waals surface area contributed by atoms with Crippen LogP contribution in [-0.4, -0.2) is 37.6 Å². The Morgan fingerprint density at radius 1 is 1.41 bits per heavy atom. The highest BCUT2D eigenvalue weighted by Gasteiger charge is 2.11. The number of hydrogen-bond donors (Lipinski definition) is 2. The van der Waals surface area contributed by atoms with Crippen LogP contribution in [0.15, 0.2) is 30.3 Å². The number of rotatable bonds is 6. The van der Waals surface area contributed by atoms with E-state index in [2.05, 4.69) is 5.32 Å². The van der Waals surface area contributed by atoms with Gasteiger partial charge in [-0.1, -0.05) is 30.3 Å². The summed E-state index contributed by atoms with van der Waals surface area (Å²) in [4.78, 5) is 11.4. The van der Waals surface area contributed by atoms with E-state index in [1.807, 2.05) is 30.3 Å². The number of aliphatic hydroxyl groups is 1. The molecule has 94 valence electrons. The molecule has 17 heavy (non-hydrogen) atoms. The number of benzene rings is 1. The summed E-state index contributed by atoms with van der Waals surface area (Å²) in [5.74, 6) is 0. The summed E-state index contributed by atoms with van der Waals surface area (Å²) in [6.45, 7) is 0.267. The Morgan fingerprint density at radius 2 is 2.12 bits per heavy atom. The monoisotopic (exact) mass is 239 g/mol. The lowest BCUT2D eigenvalue weighted by atomic mass is 10.2. The van der Waals surface area contributed by atoms with Crippen molar-refractivity contribution >= 4 is 6.09 Å². The van der Waals surface area contributed by atoms with Crippen molar-refractivity contribution in [1.29, 1.82) is 0 Å². The highest BCUT2D eigenvalue weighted by molar-refractivity contribution is 5.67. The summed E-state index contributed by atoms with van der Waals surface area (Å²) < 4.78 is 9.82. The van der Waals surface area contributed by atoms with Gasteiger partial charge in [0.1, 0.15) is 6.61 Å². The van der Waals surface area contributed by atoms with Crippen LogP contribution in [0.25, 0.3) is 0 Å². The maximum Gasteiger partial charge on any atom is 0.407 e. The molecule has 0 aromatic heterocycles. The van der Waals surface area contributed by atoms with E-state index in [-0.39, 0.29) is 19.8 Å². The summed E-state index contributed by atoms with van der Waals surface area (Å²) >= 11 is 0. The normalized spacial score (nSPS) is 11.9. The third-order valence-electron chi connectivity index (χ3n) is 2.12. The number of methoxy groups -OCH3 is 1. The van der Waals surface area contributed by atoms with Crippen LogP contribution >= 0.6 is 0 Å². The van der Waals surface area contributed by atoms with Gasteiger partial charge in [-0.05, 0) is 5.56 Å². The first-order chi connectivity index (χ1) is 8.26. The first-order valence-electron chi connectivity index (χ1n) is 5.33. The van der Waals surface area contributed by atoms with Crippen LogP contribution in [0.2, 0.25) is 0 Å². The Morgan fingerprint density at radius 3 is 2.71 bits per heavy atom. The Bertz CT molecular complexity index is 329. The van der Waals surface area contributed by atoms with Crippen LogP contribution in [0.3, 0.4) is 0 Å². The molecule has 5 nitrogen and oxygen atoms in total. The zero-order chi connectivity index (χ0) is 12.5. The van der Waals surface area contributed by atoms with Crippen molar-refractivity contribution in [2.75, 3.05) is 20.3 Å². The Kier molecular flexibility index (Phi) is 6.06. The minimum atomic E-state index is -0.565. The van der Waals surface area contributed by atoms with Crippen LogP contribution in [0.5, 0.6) is 0 Å². The molecule has 0 heterocycles. The second-order valence-corrected chi connectivity index (χ2v) is 3.54. The molecule has 0 saturated heterocycles. The topological polar surface area (TPSA) is 67.8 Å². The predicted molar refractivity (Wildman–Crippen MR) is 62.5 cm³/mol. The van der Waals surface area contributed by atoms with Crippen LogP contribution in [0.1, 0.15) is 5.56 Å². The quantitative estimate of drug-likeness (QED) is 0.774. The van der Waals surface area contributed by atoms with Gasteiger partial charge in [0.25, 0.3) is 0 Å². The molecule has 0 bridgehead atoms. The molecule has 1 amide bonds. The Labute approximate surface area is 100 Å². The van der Waals surface area contributed by atoms with Gasteiger partial charge in [-0.15, -0.1) is 0 Å². The molecule has 0 radical (unpaired) electrons. The second-order valence-electron chi connectivity index (χ2n) is 3.54. The van der Waals surface area contributed by atoms with Gasteiger partial charge in [-0.25, -0.2) is 4.79 Å². The summed E-state index contributed by atoms with van der Waals surface area (Å²) in [6, 6.07) is 8.93. The number of ether oxygens (including phenoxy) is 2. The fourth-order valence-corrected chi connectivity index (χ4v) is 1.27. The first-order valence-corrected chi connectivity index (χ1v) is 5.33. The SMILES string of the molecule is COCC(CO)NC(=O)OCc1ccccc1. The molecule has 0 saturated carbocycles. The van der Waals surface area contributed by atoms with Gasteiger partial charge in [0.15, 0.2) is 0 Å². The van der Waals surface area contributed by atoms with Crippen LogP contribution in [0.4, 0.5) is 4.79 Å². The minimum absolute atomic E-state index is 0.186. The lowest BCUT2D eigenvalue weighted by Gasteiger charge is -2.15. The third-order valence-corrected chi connectivity index (χ3v) is 2.12. The molecule has 2 N–H and O–H groups in total. The van der Waals surface area contributed by atoms with Crippen molar-refractivity contribution < 1.29 is 19.4 Å². The number of hydrogen-bond acceptors (Lipinski definition) is 4. The number of aliphatic hydroxyl groups excluding tert-OH is 1. The van der Waals surface area contributed by atoms with Crippen LogP contribution in [0, 0.1) is 0 Å². The fraction of sp³-hybridized carbons (Fsp3) is 0.417. The summed E-state index contributed by atoms with van der Waals surface area (Å²) in [5, 5.41) is 11.4. The zero-order valence-corrected chi connectivity index (χ0v) is 9.76. The highest BCUT2D eigenvalue weighted by Crippen LogP contribution is 2.00. The van der Waals surface area contributed by atoms with Gasteiger partial charge in [0.2, 0.25) is 0 Å². The number of amides is 1. The lowest BCUT2D eigenvalue weighted by Crippen LogP contribution is -2.40. The standard InChI is InChI=1S/C12H17NO4/c1-16-9-11(7-14)13-12(15)17-8-10-5-3-2-4-6-10/h2-6,11,14H,7-9H2,1H3,(H,13,15). The molecule has 1 aromatic rings. The van der Waals surface area contributed by atoms with E-state index in [1.54, 1.807) is 0 Å². The van der Waals surface area contributed by atoms with Crippen molar-refractivity contribution in [3.05, 3.63) is 35.9 Å². The van der Waals surface area contributed by atoms with Crippen molar-refractivity contribution in [3.63, 3.8) is 0 Å².